The Morgan fingerprint density at radius 3 is 2.78 bits per heavy atom. The van der Waals surface area contributed by atoms with Gasteiger partial charge < -0.3 is 9.64 Å². The Bertz CT molecular complexity index is 513. The van der Waals surface area contributed by atoms with Gasteiger partial charge in [0.25, 0.3) is 0 Å². The molecule has 0 unspecified atom stereocenters. The first-order valence-corrected chi connectivity index (χ1v) is 8.39. The molecule has 0 bridgehead atoms. The van der Waals surface area contributed by atoms with Crippen LogP contribution in [0.3, 0.4) is 0 Å². The average molecular weight is 319 g/mol. The Hall–Kier alpha value is -1.62. The number of hydrogen-bond donors (Lipinski definition) is 0. The molecule has 1 aliphatic heterocycles. The maximum absolute atomic E-state index is 12.3. The van der Waals surface area contributed by atoms with Crippen LogP contribution in [0.5, 0.6) is 0 Å². The quantitative estimate of drug-likeness (QED) is 0.856. The molecule has 128 valence electrons. The van der Waals surface area contributed by atoms with Crippen LogP contribution in [-0.2, 0) is 4.74 Å². The van der Waals surface area contributed by atoms with Crippen LogP contribution in [0.1, 0.15) is 52.3 Å². The molecular weight excluding hydrogens is 290 g/mol. The Labute approximate surface area is 139 Å². The third kappa shape index (κ3) is 4.93. The van der Waals surface area contributed by atoms with Crippen LogP contribution in [0, 0.1) is 0 Å². The van der Waals surface area contributed by atoms with Crippen molar-refractivity contribution in [2.45, 2.75) is 58.2 Å². The number of amides is 1. The van der Waals surface area contributed by atoms with E-state index in [1.807, 2.05) is 46.1 Å². The summed E-state index contributed by atoms with van der Waals surface area (Å²) in [6, 6.07) is 6.46. The third-order valence-electron chi connectivity index (χ3n) is 4.32. The molecule has 0 N–H and O–H groups in total. The van der Waals surface area contributed by atoms with Crippen molar-refractivity contribution in [1.82, 2.24) is 14.8 Å². The minimum absolute atomic E-state index is 0.185. The van der Waals surface area contributed by atoms with Gasteiger partial charge in [-0.3, -0.25) is 9.88 Å². The molecule has 1 amide bonds. The largest absolute Gasteiger partial charge is 0.444 e. The fraction of sp³-hybridized carbons (Fsp3) is 0.667. The van der Waals surface area contributed by atoms with Crippen molar-refractivity contribution in [3.05, 3.63) is 30.1 Å². The minimum Gasteiger partial charge on any atom is -0.444 e. The lowest BCUT2D eigenvalue weighted by Gasteiger charge is -2.40. The van der Waals surface area contributed by atoms with Crippen molar-refractivity contribution in [3.63, 3.8) is 0 Å². The summed E-state index contributed by atoms with van der Waals surface area (Å²) in [7, 11) is 1.84. The van der Waals surface area contributed by atoms with Crippen LogP contribution in [0.4, 0.5) is 4.79 Å². The molecule has 1 aromatic rings. The van der Waals surface area contributed by atoms with Gasteiger partial charge in [0, 0.05) is 31.9 Å². The summed E-state index contributed by atoms with van der Waals surface area (Å²) in [5.41, 5.74) is 0.620. The van der Waals surface area contributed by atoms with E-state index in [9.17, 15) is 4.79 Å². The zero-order valence-corrected chi connectivity index (χ0v) is 15.0. The van der Waals surface area contributed by atoms with Crippen LogP contribution in [0.2, 0.25) is 0 Å². The van der Waals surface area contributed by atoms with Gasteiger partial charge >= 0.3 is 6.09 Å². The van der Waals surface area contributed by atoms with Crippen molar-refractivity contribution in [2.75, 3.05) is 20.1 Å². The molecule has 1 aromatic heterocycles. The monoisotopic (exact) mass is 319 g/mol. The van der Waals surface area contributed by atoms with Gasteiger partial charge in [-0.15, -0.1) is 0 Å². The second kappa shape index (κ2) is 7.30. The number of aromatic nitrogens is 1. The van der Waals surface area contributed by atoms with Crippen molar-refractivity contribution in [1.29, 1.82) is 0 Å². The van der Waals surface area contributed by atoms with Crippen molar-refractivity contribution in [3.8, 4) is 0 Å². The number of hydrogen-bond acceptors (Lipinski definition) is 4. The number of likely N-dealkylation sites (N-methyl/N-ethyl adjacent to an activating group) is 1. The second-order valence-corrected chi connectivity index (χ2v) is 7.31. The van der Waals surface area contributed by atoms with Crippen molar-refractivity contribution < 1.29 is 9.53 Å². The van der Waals surface area contributed by atoms with Crippen LogP contribution in [0.15, 0.2) is 24.4 Å². The Kier molecular flexibility index (Phi) is 5.63. The van der Waals surface area contributed by atoms with Crippen molar-refractivity contribution >= 4 is 6.09 Å². The number of nitrogens with zero attached hydrogens (tertiary/aromatic N) is 3. The first kappa shape index (κ1) is 17.7. The zero-order chi connectivity index (χ0) is 17.0. The number of carbonyl (C=O) groups is 1. The molecule has 0 radical (unpaired) electrons. The molecule has 0 aromatic carbocycles. The molecule has 0 saturated carbocycles. The van der Waals surface area contributed by atoms with E-state index in [1.165, 1.54) is 0 Å². The number of rotatable bonds is 3. The molecule has 2 atom stereocenters. The van der Waals surface area contributed by atoms with Crippen LogP contribution < -0.4 is 0 Å². The van der Waals surface area contributed by atoms with E-state index < -0.39 is 5.60 Å². The highest BCUT2D eigenvalue weighted by Crippen LogP contribution is 2.25. The first-order chi connectivity index (χ1) is 10.8. The number of carbonyl (C=O) groups excluding carboxylic acids is 1. The average Bonchev–Trinajstić information content (AvgIpc) is 2.52. The van der Waals surface area contributed by atoms with Gasteiger partial charge in [-0.1, -0.05) is 6.07 Å². The highest BCUT2D eigenvalue weighted by molar-refractivity contribution is 5.68. The van der Waals surface area contributed by atoms with Gasteiger partial charge in [-0.25, -0.2) is 4.79 Å². The van der Waals surface area contributed by atoms with E-state index in [4.69, 9.17) is 4.74 Å². The highest BCUT2D eigenvalue weighted by atomic mass is 16.6. The maximum Gasteiger partial charge on any atom is 0.410 e. The van der Waals surface area contributed by atoms with Crippen LogP contribution >= 0.6 is 0 Å². The van der Waals surface area contributed by atoms with Gasteiger partial charge in [0.15, 0.2) is 0 Å². The first-order valence-electron chi connectivity index (χ1n) is 8.39. The van der Waals surface area contributed by atoms with E-state index in [-0.39, 0.29) is 18.2 Å². The fourth-order valence-corrected chi connectivity index (χ4v) is 2.94. The van der Waals surface area contributed by atoms with Gasteiger partial charge in [0.1, 0.15) is 5.60 Å². The SMILES string of the molecule is C[C@H](c1ccccn1)N1CCC[C@@H](N(C)C(=O)OC(C)(C)C)C1. The molecule has 5 heteroatoms. The van der Waals surface area contributed by atoms with E-state index in [0.29, 0.717) is 0 Å². The molecule has 0 aliphatic carbocycles. The molecular formula is C18H29N3O2. The lowest BCUT2D eigenvalue weighted by Crippen LogP contribution is -2.50. The standard InChI is InChI=1S/C18H29N3O2/c1-14(16-10-6-7-11-19-16)21-12-8-9-15(13-21)20(5)17(22)23-18(2,3)4/h6-7,10-11,14-15H,8-9,12-13H2,1-5H3/t14-,15-/m1/s1. The third-order valence-corrected chi connectivity index (χ3v) is 4.32. The predicted octanol–water partition coefficient (Wildman–Crippen LogP) is 3.47. The normalized spacial score (nSPS) is 20.8. The predicted molar refractivity (Wildman–Crippen MR) is 91.2 cm³/mol. The maximum atomic E-state index is 12.3. The number of piperidine rings is 1. The minimum atomic E-state index is -0.457. The molecule has 0 spiro atoms. The van der Waals surface area contributed by atoms with Gasteiger partial charge in [0.05, 0.1) is 5.69 Å². The summed E-state index contributed by atoms with van der Waals surface area (Å²) in [6.45, 7) is 9.77. The second-order valence-electron chi connectivity index (χ2n) is 7.31. The fourth-order valence-electron chi connectivity index (χ4n) is 2.94. The lowest BCUT2D eigenvalue weighted by atomic mass is 10.0. The Balaban J connectivity index is 1.99. The molecule has 5 nitrogen and oxygen atoms in total. The van der Waals surface area contributed by atoms with Gasteiger partial charge in [-0.05, 0) is 59.2 Å². The summed E-state index contributed by atoms with van der Waals surface area (Å²) in [5.74, 6) is 0. The van der Waals surface area contributed by atoms with E-state index in [0.717, 1.165) is 31.6 Å². The topological polar surface area (TPSA) is 45.7 Å². The lowest BCUT2D eigenvalue weighted by molar-refractivity contribution is 0.0104. The Morgan fingerprint density at radius 2 is 2.17 bits per heavy atom. The summed E-state index contributed by atoms with van der Waals surface area (Å²) in [6.07, 6.45) is 3.69. The number of likely N-dealkylation sites (tertiary alicyclic amines) is 1. The molecule has 1 fully saturated rings. The van der Waals surface area contributed by atoms with Crippen LogP contribution in [0.25, 0.3) is 0 Å². The Morgan fingerprint density at radius 1 is 1.43 bits per heavy atom. The highest BCUT2D eigenvalue weighted by Gasteiger charge is 2.31. The summed E-state index contributed by atoms with van der Waals surface area (Å²) < 4.78 is 5.49. The summed E-state index contributed by atoms with van der Waals surface area (Å²) >= 11 is 0. The van der Waals surface area contributed by atoms with Gasteiger partial charge in [0.2, 0.25) is 0 Å². The van der Waals surface area contributed by atoms with E-state index in [2.05, 4.69) is 22.9 Å². The summed E-state index contributed by atoms with van der Waals surface area (Å²) in [5, 5.41) is 0. The zero-order valence-electron chi connectivity index (χ0n) is 15.0. The molecule has 2 rings (SSSR count). The number of ether oxygens (including phenoxy) is 1. The van der Waals surface area contributed by atoms with Crippen LogP contribution in [-0.4, -0.2) is 52.7 Å². The smallest absolute Gasteiger partial charge is 0.410 e. The summed E-state index contributed by atoms with van der Waals surface area (Å²) in [4.78, 5) is 20.9. The van der Waals surface area contributed by atoms with E-state index in [1.54, 1.807) is 4.90 Å². The molecule has 1 saturated heterocycles. The molecule has 23 heavy (non-hydrogen) atoms. The number of pyridine rings is 1. The molecule has 1 aliphatic rings. The van der Waals surface area contributed by atoms with Crippen molar-refractivity contribution in [2.24, 2.45) is 0 Å². The van der Waals surface area contributed by atoms with Gasteiger partial charge in [-0.2, -0.15) is 0 Å². The molecule has 2 heterocycles. The van der Waals surface area contributed by atoms with E-state index >= 15 is 0 Å².